The van der Waals surface area contributed by atoms with E-state index in [0.29, 0.717) is 17.5 Å². The highest BCUT2D eigenvalue weighted by molar-refractivity contribution is 6.13. The van der Waals surface area contributed by atoms with Crippen LogP contribution in [0.2, 0.25) is 0 Å². The Kier molecular flexibility index (Phi) is 6.83. The summed E-state index contributed by atoms with van der Waals surface area (Å²) in [4.78, 5) is 14.7. The Bertz CT molecular complexity index is 3410. The van der Waals surface area contributed by atoms with Crippen LogP contribution in [0.15, 0.2) is 191 Å². The van der Waals surface area contributed by atoms with Crippen LogP contribution in [0.25, 0.3) is 117 Å². The van der Waals surface area contributed by atoms with Crippen molar-refractivity contribution in [3.8, 4) is 51.0 Å². The van der Waals surface area contributed by atoms with Gasteiger partial charge in [-0.1, -0.05) is 127 Å². The van der Waals surface area contributed by atoms with E-state index in [0.717, 1.165) is 88.4 Å². The molecule has 0 saturated heterocycles. The molecule has 6 nitrogen and oxygen atoms in total. The van der Waals surface area contributed by atoms with Gasteiger partial charge in [-0.2, -0.15) is 0 Å². The molecule has 0 aliphatic heterocycles. The van der Waals surface area contributed by atoms with Gasteiger partial charge in [-0.25, -0.2) is 15.0 Å². The summed E-state index contributed by atoms with van der Waals surface area (Å²) >= 11 is 0. The highest BCUT2D eigenvalue weighted by atomic mass is 16.3. The molecule has 57 heavy (non-hydrogen) atoms. The predicted molar refractivity (Wildman–Crippen MR) is 230 cm³/mol. The molecule has 266 valence electrons. The van der Waals surface area contributed by atoms with Gasteiger partial charge >= 0.3 is 0 Å². The van der Waals surface area contributed by atoms with Crippen LogP contribution in [0.1, 0.15) is 0 Å². The normalized spacial score (nSPS) is 11.9. The quantitative estimate of drug-likeness (QED) is 0.176. The molecule has 0 spiro atoms. The summed E-state index contributed by atoms with van der Waals surface area (Å²) in [5, 5.41) is 6.70. The molecule has 0 fully saturated rings. The van der Waals surface area contributed by atoms with Gasteiger partial charge in [-0.05, 0) is 65.7 Å². The monoisotopic (exact) mass is 730 g/mol. The summed E-state index contributed by atoms with van der Waals surface area (Å²) in [6.45, 7) is 0. The molecular weight excluding hydrogens is 701 g/mol. The van der Waals surface area contributed by atoms with Crippen LogP contribution in [0, 0.1) is 0 Å². The van der Waals surface area contributed by atoms with Gasteiger partial charge in [0.1, 0.15) is 16.7 Å². The Labute approximate surface area is 325 Å². The van der Waals surface area contributed by atoms with Crippen LogP contribution in [0.5, 0.6) is 0 Å². The zero-order valence-corrected chi connectivity index (χ0v) is 30.4. The number of aromatic nitrogens is 4. The van der Waals surface area contributed by atoms with E-state index in [1.165, 1.54) is 10.8 Å². The summed E-state index contributed by atoms with van der Waals surface area (Å²) in [6.07, 6.45) is 0. The van der Waals surface area contributed by atoms with E-state index in [9.17, 15) is 0 Å². The van der Waals surface area contributed by atoms with Gasteiger partial charge in [0.25, 0.3) is 0 Å². The molecule has 0 amide bonds. The fourth-order valence-corrected chi connectivity index (χ4v) is 8.35. The molecule has 4 aromatic heterocycles. The first kappa shape index (κ1) is 31.5. The Morgan fingerprint density at radius 1 is 0.316 bits per heavy atom. The van der Waals surface area contributed by atoms with Crippen molar-refractivity contribution in [2.45, 2.75) is 0 Å². The van der Waals surface area contributed by atoms with E-state index in [-0.39, 0.29) is 0 Å². The molecule has 0 unspecified atom stereocenters. The van der Waals surface area contributed by atoms with Crippen LogP contribution in [0.4, 0.5) is 0 Å². The van der Waals surface area contributed by atoms with Crippen LogP contribution in [-0.4, -0.2) is 19.5 Å². The second-order valence-corrected chi connectivity index (χ2v) is 14.4. The number of furan rings is 2. The molecule has 0 aliphatic carbocycles. The average molecular weight is 731 g/mol. The van der Waals surface area contributed by atoms with E-state index in [1.54, 1.807) is 0 Å². The molecule has 0 atom stereocenters. The summed E-state index contributed by atoms with van der Waals surface area (Å²) in [5.41, 5.74) is 11.4. The van der Waals surface area contributed by atoms with Crippen molar-refractivity contribution in [2.24, 2.45) is 0 Å². The molecule has 4 heterocycles. The van der Waals surface area contributed by atoms with Gasteiger partial charge in [0.2, 0.25) is 0 Å². The first-order valence-electron chi connectivity index (χ1n) is 19.0. The lowest BCUT2D eigenvalue weighted by atomic mass is 10.0. The summed E-state index contributed by atoms with van der Waals surface area (Å²) < 4.78 is 15.7. The maximum atomic E-state index is 6.77. The largest absolute Gasteiger partial charge is 0.456 e. The van der Waals surface area contributed by atoms with Crippen molar-refractivity contribution >= 4 is 65.7 Å². The number of nitrogens with zero attached hydrogens (tertiary/aromatic N) is 4. The summed E-state index contributed by atoms with van der Waals surface area (Å²) in [7, 11) is 0. The second kappa shape index (κ2) is 12.3. The molecule has 0 bridgehead atoms. The van der Waals surface area contributed by atoms with Crippen LogP contribution < -0.4 is 0 Å². The smallest absolute Gasteiger partial charge is 0.164 e. The van der Waals surface area contributed by atoms with Gasteiger partial charge in [0, 0.05) is 49.0 Å². The number of hydrogen-bond acceptors (Lipinski definition) is 5. The highest BCUT2D eigenvalue weighted by Gasteiger charge is 2.19. The first-order chi connectivity index (χ1) is 28.2. The SMILES string of the molecule is c1ccc(-c2nc(-c3ccccc3)nc(-c3ccc4c(c3)oc3cc(-c5ccc6c(c5)oc5c(-n7c8ccccc8c8ccccc87)cccc56)ccc34)n2)cc1. The fraction of sp³-hybridized carbons (Fsp3) is 0. The Balaban J connectivity index is 0.944. The topological polar surface area (TPSA) is 69.9 Å². The number of hydrogen-bond donors (Lipinski definition) is 0. The van der Waals surface area contributed by atoms with E-state index >= 15 is 0 Å². The number of rotatable bonds is 5. The van der Waals surface area contributed by atoms with Crippen molar-refractivity contribution in [3.63, 3.8) is 0 Å². The maximum Gasteiger partial charge on any atom is 0.164 e. The number of benzene rings is 8. The molecule has 12 aromatic rings. The van der Waals surface area contributed by atoms with Gasteiger partial charge in [0.15, 0.2) is 23.1 Å². The number of fused-ring (bicyclic) bond motifs is 9. The van der Waals surface area contributed by atoms with Crippen LogP contribution >= 0.6 is 0 Å². The summed E-state index contributed by atoms with van der Waals surface area (Å²) in [6, 6.07) is 62.7. The fourth-order valence-electron chi connectivity index (χ4n) is 8.35. The zero-order chi connectivity index (χ0) is 37.5. The molecule has 6 heteroatoms. The molecular formula is C51H30N4O2. The Hall–Kier alpha value is -7.83. The van der Waals surface area contributed by atoms with Gasteiger partial charge in [-0.15, -0.1) is 0 Å². The van der Waals surface area contributed by atoms with Gasteiger partial charge in [0.05, 0.1) is 16.7 Å². The highest BCUT2D eigenvalue weighted by Crippen LogP contribution is 2.40. The van der Waals surface area contributed by atoms with E-state index in [1.807, 2.05) is 66.7 Å². The number of para-hydroxylation sites is 3. The second-order valence-electron chi connectivity index (χ2n) is 14.4. The minimum absolute atomic E-state index is 0.589. The molecule has 0 aliphatic rings. The molecule has 0 N–H and O–H groups in total. The van der Waals surface area contributed by atoms with Crippen molar-refractivity contribution in [1.29, 1.82) is 0 Å². The molecule has 8 aromatic carbocycles. The molecule has 0 radical (unpaired) electrons. The zero-order valence-electron chi connectivity index (χ0n) is 30.4. The minimum Gasteiger partial charge on any atom is -0.456 e. The van der Waals surface area contributed by atoms with Crippen molar-refractivity contribution in [1.82, 2.24) is 19.5 Å². The lowest BCUT2D eigenvalue weighted by molar-refractivity contribution is 0.666. The molecule has 12 rings (SSSR count). The van der Waals surface area contributed by atoms with Crippen molar-refractivity contribution < 1.29 is 8.83 Å². The third-order valence-electron chi connectivity index (χ3n) is 11.1. The Morgan fingerprint density at radius 2 is 0.754 bits per heavy atom. The first-order valence-corrected chi connectivity index (χ1v) is 19.0. The summed E-state index contributed by atoms with van der Waals surface area (Å²) in [5.74, 6) is 1.84. The average Bonchev–Trinajstić information content (AvgIpc) is 3.95. The lowest BCUT2D eigenvalue weighted by Gasteiger charge is -2.08. The van der Waals surface area contributed by atoms with E-state index < -0.39 is 0 Å². The Morgan fingerprint density at radius 3 is 1.33 bits per heavy atom. The standard InChI is InChI=1S/C51H30N4O2/c1-3-12-31(13-4-1)49-52-50(32-14-5-2-6-15-32)54-51(53-49)35-24-27-39-38-25-22-33(28-45(38)56-46(39)30-35)34-23-26-40-41-18-11-21-44(48(41)57-47(40)29-34)55-42-19-9-7-16-36(42)37-17-8-10-20-43(37)55/h1-30H. The lowest BCUT2D eigenvalue weighted by Crippen LogP contribution is -2.00. The molecule has 0 saturated carbocycles. The third-order valence-corrected chi connectivity index (χ3v) is 11.1. The third kappa shape index (κ3) is 5.01. The van der Waals surface area contributed by atoms with Crippen molar-refractivity contribution in [3.05, 3.63) is 182 Å². The predicted octanol–water partition coefficient (Wildman–Crippen LogP) is 13.4. The maximum absolute atomic E-state index is 6.77. The van der Waals surface area contributed by atoms with Crippen LogP contribution in [0.3, 0.4) is 0 Å². The van der Waals surface area contributed by atoms with Crippen LogP contribution in [-0.2, 0) is 0 Å². The van der Waals surface area contributed by atoms with Gasteiger partial charge in [-0.3, -0.25) is 0 Å². The minimum atomic E-state index is 0.589. The van der Waals surface area contributed by atoms with E-state index in [4.69, 9.17) is 23.8 Å². The van der Waals surface area contributed by atoms with Gasteiger partial charge < -0.3 is 13.4 Å². The van der Waals surface area contributed by atoms with E-state index in [2.05, 4.69) is 120 Å². The van der Waals surface area contributed by atoms with Crippen molar-refractivity contribution in [2.75, 3.05) is 0 Å².